The molecule has 20 heavy (non-hydrogen) atoms. The summed E-state index contributed by atoms with van der Waals surface area (Å²) in [5, 5.41) is 11.2. The molecule has 100 valence electrons. The lowest BCUT2D eigenvalue weighted by molar-refractivity contribution is 0.102. The summed E-state index contributed by atoms with van der Waals surface area (Å²) in [6, 6.07) is 12.2. The maximum absolute atomic E-state index is 12.1. The Hall–Kier alpha value is -2.87. The van der Waals surface area contributed by atoms with Gasteiger partial charge in [-0.3, -0.25) is 9.78 Å². The first-order valence-electron chi connectivity index (χ1n) is 6.03. The van der Waals surface area contributed by atoms with Gasteiger partial charge in [0.2, 0.25) is 0 Å². The Morgan fingerprint density at radius 2 is 2.25 bits per heavy atom. The van der Waals surface area contributed by atoms with Gasteiger partial charge >= 0.3 is 0 Å². The van der Waals surface area contributed by atoms with Crippen molar-refractivity contribution < 1.29 is 9.53 Å². The molecule has 0 aliphatic carbocycles. The Morgan fingerprint density at radius 3 is 3.00 bits per heavy atom. The maximum Gasteiger partial charge on any atom is 0.255 e. The van der Waals surface area contributed by atoms with Gasteiger partial charge in [-0.15, -0.1) is 0 Å². The van der Waals surface area contributed by atoms with Crippen LogP contribution in [-0.2, 0) is 0 Å². The average Bonchev–Trinajstić information content (AvgIpc) is 2.45. The summed E-state index contributed by atoms with van der Waals surface area (Å²) in [5.41, 5.74) is 1.93. The second-order valence-corrected chi connectivity index (χ2v) is 4.11. The molecule has 2 rings (SSSR count). The minimum Gasteiger partial charge on any atom is -0.479 e. The lowest BCUT2D eigenvalue weighted by Crippen LogP contribution is -2.12. The Kier molecular flexibility index (Phi) is 4.30. The van der Waals surface area contributed by atoms with Crippen LogP contribution in [0, 0.1) is 18.3 Å². The number of carbonyl (C=O) groups excluding carboxylic acids is 1. The number of amides is 1. The van der Waals surface area contributed by atoms with Crippen molar-refractivity contribution >= 4 is 11.6 Å². The lowest BCUT2D eigenvalue weighted by Gasteiger charge is -2.07. The van der Waals surface area contributed by atoms with E-state index in [2.05, 4.69) is 10.3 Å². The van der Waals surface area contributed by atoms with E-state index in [0.29, 0.717) is 17.0 Å². The van der Waals surface area contributed by atoms with E-state index in [4.69, 9.17) is 10.00 Å². The minimum absolute atomic E-state index is 0.0268. The molecule has 1 aromatic heterocycles. The number of aryl methyl sites for hydroxylation is 1. The summed E-state index contributed by atoms with van der Waals surface area (Å²) < 4.78 is 5.18. The number of nitrogens with one attached hydrogen (secondary N) is 1. The van der Waals surface area contributed by atoms with Gasteiger partial charge in [-0.05, 0) is 31.2 Å². The third-order valence-electron chi connectivity index (χ3n) is 2.55. The summed E-state index contributed by atoms with van der Waals surface area (Å²) in [4.78, 5) is 16.1. The highest BCUT2D eigenvalue weighted by atomic mass is 16.5. The Labute approximate surface area is 116 Å². The second kappa shape index (κ2) is 6.34. The van der Waals surface area contributed by atoms with E-state index in [1.807, 2.05) is 13.0 Å². The standard InChI is InChI=1S/C15H13N3O2/c1-11-9-12(5-7-17-11)15(19)18-13-3-2-4-14(10-13)20-8-6-16/h2-5,7,9-10H,8H2,1H3,(H,18,19). The van der Waals surface area contributed by atoms with Gasteiger partial charge in [0.25, 0.3) is 5.91 Å². The molecule has 0 saturated heterocycles. The van der Waals surface area contributed by atoms with Crippen LogP contribution in [0.3, 0.4) is 0 Å². The molecule has 1 N–H and O–H groups in total. The largest absolute Gasteiger partial charge is 0.479 e. The van der Waals surface area contributed by atoms with Crippen molar-refractivity contribution in [3.63, 3.8) is 0 Å². The molecule has 1 amide bonds. The zero-order valence-electron chi connectivity index (χ0n) is 11.0. The maximum atomic E-state index is 12.1. The van der Waals surface area contributed by atoms with E-state index in [9.17, 15) is 4.79 Å². The SMILES string of the molecule is Cc1cc(C(=O)Nc2cccc(OCC#N)c2)ccn1. The van der Waals surface area contributed by atoms with E-state index in [1.54, 1.807) is 42.6 Å². The highest BCUT2D eigenvalue weighted by molar-refractivity contribution is 6.04. The van der Waals surface area contributed by atoms with Gasteiger partial charge in [-0.2, -0.15) is 5.26 Å². The first kappa shape index (κ1) is 13.6. The molecule has 0 spiro atoms. The number of ether oxygens (including phenoxy) is 1. The number of rotatable bonds is 4. The fourth-order valence-corrected chi connectivity index (χ4v) is 1.67. The molecular weight excluding hydrogens is 254 g/mol. The van der Waals surface area contributed by atoms with Crippen molar-refractivity contribution in [2.75, 3.05) is 11.9 Å². The van der Waals surface area contributed by atoms with E-state index in [1.165, 1.54) is 0 Å². The molecule has 0 saturated carbocycles. The molecule has 2 aromatic rings. The summed E-state index contributed by atoms with van der Waals surface area (Å²) >= 11 is 0. The number of nitriles is 1. The van der Waals surface area contributed by atoms with Gasteiger partial charge in [-0.25, -0.2) is 0 Å². The van der Waals surface area contributed by atoms with Crippen LogP contribution in [0.4, 0.5) is 5.69 Å². The zero-order chi connectivity index (χ0) is 14.4. The van der Waals surface area contributed by atoms with Crippen molar-refractivity contribution in [3.8, 4) is 11.8 Å². The third-order valence-corrected chi connectivity index (χ3v) is 2.55. The first-order valence-corrected chi connectivity index (χ1v) is 6.03. The smallest absolute Gasteiger partial charge is 0.255 e. The number of hydrogen-bond donors (Lipinski definition) is 1. The fraction of sp³-hybridized carbons (Fsp3) is 0.133. The lowest BCUT2D eigenvalue weighted by atomic mass is 10.2. The first-order chi connectivity index (χ1) is 9.69. The Bertz CT molecular complexity index is 662. The number of pyridine rings is 1. The highest BCUT2D eigenvalue weighted by Gasteiger charge is 2.07. The van der Waals surface area contributed by atoms with Crippen LogP contribution < -0.4 is 10.1 Å². The average molecular weight is 267 g/mol. The molecule has 0 bridgehead atoms. The number of nitrogens with zero attached hydrogens (tertiary/aromatic N) is 2. The summed E-state index contributed by atoms with van der Waals surface area (Å²) in [5.74, 6) is 0.322. The molecule has 0 aliphatic heterocycles. The van der Waals surface area contributed by atoms with Gasteiger partial charge in [0.15, 0.2) is 6.61 Å². The zero-order valence-corrected chi connectivity index (χ0v) is 11.0. The van der Waals surface area contributed by atoms with Crippen molar-refractivity contribution in [2.45, 2.75) is 6.92 Å². The van der Waals surface area contributed by atoms with Crippen LogP contribution in [0.2, 0.25) is 0 Å². The van der Waals surface area contributed by atoms with Gasteiger partial charge < -0.3 is 10.1 Å². The highest BCUT2D eigenvalue weighted by Crippen LogP contribution is 2.18. The normalized spacial score (nSPS) is 9.60. The molecule has 0 radical (unpaired) electrons. The topological polar surface area (TPSA) is 75.0 Å². The summed E-state index contributed by atoms with van der Waals surface area (Å²) in [6.45, 7) is 1.80. The molecule has 1 aromatic carbocycles. The number of anilines is 1. The van der Waals surface area contributed by atoms with Crippen molar-refractivity contribution in [1.82, 2.24) is 4.98 Å². The van der Waals surface area contributed by atoms with Gasteiger partial charge in [0, 0.05) is 29.2 Å². The minimum atomic E-state index is -0.215. The van der Waals surface area contributed by atoms with Crippen LogP contribution in [0.1, 0.15) is 16.1 Å². The van der Waals surface area contributed by atoms with E-state index in [-0.39, 0.29) is 12.5 Å². The number of hydrogen-bond acceptors (Lipinski definition) is 4. The predicted molar refractivity (Wildman–Crippen MR) is 74.5 cm³/mol. The van der Waals surface area contributed by atoms with Crippen LogP contribution in [0.5, 0.6) is 5.75 Å². The predicted octanol–water partition coefficient (Wildman–Crippen LogP) is 2.54. The molecule has 5 heteroatoms. The van der Waals surface area contributed by atoms with Crippen LogP contribution in [0.15, 0.2) is 42.6 Å². The fourth-order valence-electron chi connectivity index (χ4n) is 1.67. The summed E-state index contributed by atoms with van der Waals surface area (Å²) in [7, 11) is 0. The second-order valence-electron chi connectivity index (χ2n) is 4.11. The number of carbonyl (C=O) groups is 1. The van der Waals surface area contributed by atoms with Crippen molar-refractivity contribution in [1.29, 1.82) is 5.26 Å². The monoisotopic (exact) mass is 267 g/mol. The number of benzene rings is 1. The molecule has 0 unspecified atom stereocenters. The third kappa shape index (κ3) is 3.56. The van der Waals surface area contributed by atoms with E-state index in [0.717, 1.165) is 5.69 Å². The molecule has 0 aliphatic rings. The van der Waals surface area contributed by atoms with Crippen LogP contribution in [0.25, 0.3) is 0 Å². The number of aromatic nitrogens is 1. The van der Waals surface area contributed by atoms with Crippen LogP contribution in [-0.4, -0.2) is 17.5 Å². The van der Waals surface area contributed by atoms with Crippen LogP contribution >= 0.6 is 0 Å². The van der Waals surface area contributed by atoms with Gasteiger partial charge in [0.05, 0.1) is 0 Å². The van der Waals surface area contributed by atoms with Crippen molar-refractivity contribution in [3.05, 3.63) is 53.9 Å². The van der Waals surface area contributed by atoms with Gasteiger partial charge in [-0.1, -0.05) is 6.07 Å². The van der Waals surface area contributed by atoms with E-state index >= 15 is 0 Å². The molecule has 0 atom stereocenters. The summed E-state index contributed by atoms with van der Waals surface area (Å²) in [6.07, 6.45) is 1.59. The molecule has 5 nitrogen and oxygen atoms in total. The Morgan fingerprint density at radius 1 is 1.40 bits per heavy atom. The quantitative estimate of drug-likeness (QED) is 0.923. The Balaban J connectivity index is 2.10. The molecular formula is C15H13N3O2. The van der Waals surface area contributed by atoms with Crippen molar-refractivity contribution in [2.24, 2.45) is 0 Å². The van der Waals surface area contributed by atoms with E-state index < -0.39 is 0 Å². The molecule has 1 heterocycles. The van der Waals surface area contributed by atoms with Gasteiger partial charge in [0.1, 0.15) is 11.8 Å². The molecule has 0 fully saturated rings.